The van der Waals surface area contributed by atoms with Gasteiger partial charge in [-0.2, -0.15) is 0 Å². The Hall–Kier alpha value is -2.49. The van der Waals surface area contributed by atoms with Crippen molar-refractivity contribution < 1.29 is 0 Å². The average Bonchev–Trinajstić information content (AvgIpc) is 3.26. The molecular formula is C31H29ClP2. The molecule has 1 aliphatic carbocycles. The first-order valence-electron chi connectivity index (χ1n) is 11.9. The first-order chi connectivity index (χ1) is 16.6. The van der Waals surface area contributed by atoms with Crippen LogP contribution in [0.25, 0.3) is 0 Å². The van der Waals surface area contributed by atoms with Gasteiger partial charge < -0.3 is 0 Å². The third-order valence-corrected chi connectivity index (χ3v) is 37.8. The van der Waals surface area contributed by atoms with Gasteiger partial charge in [-0.05, 0) is 0 Å². The molecule has 1 heterocycles. The Morgan fingerprint density at radius 1 is 0.500 bits per heavy atom. The van der Waals surface area contributed by atoms with E-state index >= 15 is 0 Å². The van der Waals surface area contributed by atoms with Gasteiger partial charge >= 0.3 is 208 Å². The summed E-state index contributed by atoms with van der Waals surface area (Å²) in [6.07, 6.45) is 6.18. The van der Waals surface area contributed by atoms with Crippen molar-refractivity contribution in [2.45, 2.75) is 18.0 Å². The van der Waals surface area contributed by atoms with E-state index in [0.717, 1.165) is 0 Å². The maximum atomic E-state index is 8.75. The van der Waals surface area contributed by atoms with E-state index in [0.29, 0.717) is 5.40 Å². The second-order valence-electron chi connectivity index (χ2n) is 9.47. The molecule has 0 N–H and O–H groups in total. The van der Waals surface area contributed by atoms with Crippen molar-refractivity contribution in [2.24, 2.45) is 0 Å². The molecule has 0 aromatic heterocycles. The van der Waals surface area contributed by atoms with E-state index in [1.807, 2.05) is 0 Å². The number of hydrogen-bond acceptors (Lipinski definition) is 0. The van der Waals surface area contributed by atoms with Crippen LogP contribution in [-0.2, 0) is 0 Å². The van der Waals surface area contributed by atoms with Crippen molar-refractivity contribution in [3.63, 3.8) is 0 Å². The van der Waals surface area contributed by atoms with Crippen molar-refractivity contribution in [1.82, 2.24) is 0 Å². The molecule has 1 atom stereocenters. The molecule has 1 aliphatic heterocycles. The third-order valence-electron chi connectivity index (χ3n) is 8.65. The van der Waals surface area contributed by atoms with E-state index in [-0.39, 0.29) is 5.66 Å². The van der Waals surface area contributed by atoms with Crippen LogP contribution in [0, 0.1) is 0 Å². The molecule has 4 aromatic rings. The van der Waals surface area contributed by atoms with Crippen LogP contribution in [0.15, 0.2) is 146 Å². The predicted molar refractivity (Wildman–Crippen MR) is 156 cm³/mol. The van der Waals surface area contributed by atoms with Crippen LogP contribution < -0.4 is 21.2 Å². The van der Waals surface area contributed by atoms with Crippen LogP contribution in [-0.4, -0.2) is 11.1 Å². The molecular weight excluding hydrogens is 470 g/mol. The molecule has 3 heteroatoms. The molecule has 0 radical (unpaired) electrons. The molecule has 1 unspecified atom stereocenters. The van der Waals surface area contributed by atoms with E-state index in [1.165, 1.54) is 21.2 Å². The Balaban J connectivity index is 1.91. The van der Waals surface area contributed by atoms with Gasteiger partial charge in [0.1, 0.15) is 0 Å². The fourth-order valence-electron chi connectivity index (χ4n) is 7.45. The topological polar surface area (TPSA) is 0 Å². The SMILES string of the molecule is CC1P(Cl)(c2ccccc2)(c2ccccc2)P1(c1ccccc1)(c1ccccc1)C1C=CC=C1. The molecule has 2 aliphatic rings. The number of hydrogen-bond donors (Lipinski definition) is 0. The van der Waals surface area contributed by atoms with Crippen molar-refractivity contribution >= 4 is 44.4 Å². The van der Waals surface area contributed by atoms with Crippen molar-refractivity contribution in [3.05, 3.63) is 146 Å². The van der Waals surface area contributed by atoms with Gasteiger partial charge in [-0.1, -0.05) is 0 Å². The molecule has 4 aromatic carbocycles. The predicted octanol–water partition coefficient (Wildman–Crippen LogP) is 7.32. The number of halogens is 1. The van der Waals surface area contributed by atoms with Crippen LogP contribution in [0.4, 0.5) is 0 Å². The third kappa shape index (κ3) is 2.11. The second-order valence-corrected chi connectivity index (χ2v) is 26.5. The van der Waals surface area contributed by atoms with Gasteiger partial charge in [0.05, 0.1) is 0 Å². The van der Waals surface area contributed by atoms with Gasteiger partial charge in [-0.15, -0.1) is 0 Å². The first kappa shape index (κ1) is 22.0. The van der Waals surface area contributed by atoms with Gasteiger partial charge in [-0.25, -0.2) is 0 Å². The normalized spacial score (nSPS) is 25.4. The standard InChI is InChI=1S/C31H29ClP2/c1-26-33(29-20-14-15-21-29,27-16-6-2-7-17-27,28-18-8-3-9-19-28)34(26,32,30-22-10-4-11-23-30)31-24-12-5-13-25-31/h2-26,29H,1H3. The zero-order valence-corrected chi connectivity index (χ0v) is 21.8. The summed E-state index contributed by atoms with van der Waals surface area (Å²) in [7, 11) is 0. The Kier molecular flexibility index (Phi) is 4.86. The van der Waals surface area contributed by atoms with Gasteiger partial charge in [0.2, 0.25) is 0 Å². The van der Waals surface area contributed by atoms with Crippen LogP contribution in [0.5, 0.6) is 0 Å². The molecule has 6 rings (SSSR count). The maximum absolute atomic E-state index is 8.75. The molecule has 0 nitrogen and oxygen atoms in total. The number of benzene rings is 4. The zero-order valence-electron chi connectivity index (χ0n) is 19.3. The summed E-state index contributed by atoms with van der Waals surface area (Å²) in [5.74, 6) is 0. The van der Waals surface area contributed by atoms with Crippen molar-refractivity contribution in [1.29, 1.82) is 0 Å². The average molecular weight is 499 g/mol. The van der Waals surface area contributed by atoms with Gasteiger partial charge in [0, 0.05) is 0 Å². The van der Waals surface area contributed by atoms with Crippen molar-refractivity contribution in [3.8, 4) is 0 Å². The summed E-state index contributed by atoms with van der Waals surface area (Å²) in [6.45, 7) is 2.46. The van der Waals surface area contributed by atoms with Crippen LogP contribution >= 0.6 is 23.2 Å². The van der Waals surface area contributed by atoms with Crippen LogP contribution in [0.3, 0.4) is 0 Å². The molecule has 1 fully saturated rings. The van der Waals surface area contributed by atoms with Gasteiger partial charge in [0.25, 0.3) is 0 Å². The fraction of sp³-hybridized carbons (Fsp3) is 0.0968. The van der Waals surface area contributed by atoms with Crippen LogP contribution in [0.2, 0.25) is 0 Å². The summed E-state index contributed by atoms with van der Waals surface area (Å²) >= 11 is 8.75. The Morgan fingerprint density at radius 2 is 0.824 bits per heavy atom. The van der Waals surface area contributed by atoms with Gasteiger partial charge in [-0.3, -0.25) is 0 Å². The monoisotopic (exact) mass is 498 g/mol. The van der Waals surface area contributed by atoms with E-state index in [1.54, 1.807) is 0 Å². The Labute approximate surface area is 207 Å². The summed E-state index contributed by atoms with van der Waals surface area (Å²) in [5, 5.41) is 5.77. The fourth-order valence-corrected chi connectivity index (χ4v) is 44.2. The molecule has 0 bridgehead atoms. The van der Waals surface area contributed by atoms with E-state index in [2.05, 4.69) is 153 Å². The quantitative estimate of drug-likeness (QED) is 0.253. The minimum absolute atomic E-state index is 0.251. The van der Waals surface area contributed by atoms with E-state index < -0.39 is 11.9 Å². The van der Waals surface area contributed by atoms with E-state index in [4.69, 9.17) is 11.2 Å². The summed E-state index contributed by atoms with van der Waals surface area (Å²) in [4.78, 5) is 0. The molecule has 0 saturated carbocycles. The molecule has 34 heavy (non-hydrogen) atoms. The van der Waals surface area contributed by atoms with Crippen molar-refractivity contribution in [2.75, 3.05) is 0 Å². The summed E-state index contributed by atoms with van der Waals surface area (Å²) < 4.78 is 0. The Bertz CT molecular complexity index is 1300. The summed E-state index contributed by atoms with van der Waals surface area (Å²) in [6, 6.07) is 44.6. The molecule has 0 amide bonds. The second kappa shape index (κ2) is 7.50. The Morgan fingerprint density at radius 3 is 1.18 bits per heavy atom. The number of rotatable bonds is 5. The minimum atomic E-state index is -3.32. The summed E-state index contributed by atoms with van der Waals surface area (Å²) in [5.41, 5.74) is -3.07. The van der Waals surface area contributed by atoms with Crippen LogP contribution in [0.1, 0.15) is 6.92 Å². The molecule has 0 spiro atoms. The van der Waals surface area contributed by atoms with Gasteiger partial charge in [0.15, 0.2) is 0 Å². The molecule has 1 saturated heterocycles. The molecule has 170 valence electrons. The number of allylic oxidation sites excluding steroid dienone is 4. The first-order valence-corrected chi connectivity index (χ1v) is 18.2. The van der Waals surface area contributed by atoms with E-state index in [9.17, 15) is 0 Å². The zero-order chi connectivity index (χ0) is 23.3.